The van der Waals surface area contributed by atoms with Gasteiger partial charge in [0, 0.05) is 26.6 Å². The van der Waals surface area contributed by atoms with Gasteiger partial charge in [0.1, 0.15) is 6.33 Å². The smallest absolute Gasteiger partial charge is 0.166 e. The van der Waals surface area contributed by atoms with Gasteiger partial charge in [-0.05, 0) is 19.1 Å². The summed E-state index contributed by atoms with van der Waals surface area (Å²) in [6.45, 7) is 3.61. The average molecular weight is 213 g/mol. The zero-order valence-corrected chi connectivity index (χ0v) is 9.27. The molecule has 0 spiro atoms. The highest BCUT2D eigenvalue weighted by Gasteiger charge is 1.98. The van der Waals surface area contributed by atoms with Crippen LogP contribution in [-0.4, -0.2) is 33.0 Å². The van der Waals surface area contributed by atoms with E-state index in [4.69, 9.17) is 12.2 Å². The zero-order chi connectivity index (χ0) is 10.4. The van der Waals surface area contributed by atoms with Gasteiger partial charge < -0.3 is 10.6 Å². The van der Waals surface area contributed by atoms with Gasteiger partial charge in [0.15, 0.2) is 10.9 Å². The Morgan fingerprint density at radius 1 is 1.57 bits per heavy atom. The molecule has 0 bridgehead atoms. The van der Waals surface area contributed by atoms with E-state index < -0.39 is 0 Å². The van der Waals surface area contributed by atoms with Gasteiger partial charge in [0.2, 0.25) is 0 Å². The van der Waals surface area contributed by atoms with Crippen molar-refractivity contribution >= 4 is 17.3 Å². The Morgan fingerprint density at radius 2 is 2.36 bits per heavy atom. The molecule has 78 valence electrons. The van der Waals surface area contributed by atoms with Crippen LogP contribution in [0.1, 0.15) is 12.7 Å². The third-order valence-electron chi connectivity index (χ3n) is 1.62. The van der Waals surface area contributed by atoms with Crippen LogP contribution >= 0.6 is 12.2 Å². The van der Waals surface area contributed by atoms with Crippen LogP contribution in [0.5, 0.6) is 0 Å². The average Bonchev–Trinajstić information content (AvgIpc) is 2.52. The molecule has 0 unspecified atom stereocenters. The lowest BCUT2D eigenvalue weighted by Gasteiger charge is -2.06. The molecule has 0 saturated heterocycles. The standard InChI is InChI=1S/C8H15N5S/c1-3-9-8(14)10-5-4-7-11-6-13(2)12-7/h6H,3-5H2,1-2H3,(H2,9,10,14). The highest BCUT2D eigenvalue weighted by Crippen LogP contribution is 1.87. The van der Waals surface area contributed by atoms with Crippen molar-refractivity contribution in [3.05, 3.63) is 12.2 Å². The summed E-state index contributed by atoms with van der Waals surface area (Å²) in [4.78, 5) is 4.11. The van der Waals surface area contributed by atoms with Crippen LogP contribution in [0.3, 0.4) is 0 Å². The predicted octanol–water partition coefficient (Wildman–Crippen LogP) is -0.158. The van der Waals surface area contributed by atoms with E-state index in [1.54, 1.807) is 11.0 Å². The van der Waals surface area contributed by atoms with Gasteiger partial charge in [0.05, 0.1) is 0 Å². The number of aromatic nitrogens is 3. The normalized spacial score (nSPS) is 9.86. The first-order chi connectivity index (χ1) is 6.72. The van der Waals surface area contributed by atoms with Crippen molar-refractivity contribution in [3.8, 4) is 0 Å². The maximum atomic E-state index is 5.01. The SMILES string of the molecule is CCNC(=S)NCCc1ncn(C)n1. The largest absolute Gasteiger partial charge is 0.363 e. The van der Waals surface area contributed by atoms with Gasteiger partial charge in [-0.2, -0.15) is 5.10 Å². The molecule has 5 nitrogen and oxygen atoms in total. The van der Waals surface area contributed by atoms with Crippen molar-refractivity contribution in [3.63, 3.8) is 0 Å². The summed E-state index contributed by atoms with van der Waals surface area (Å²) in [7, 11) is 1.85. The second-order valence-electron chi connectivity index (χ2n) is 2.87. The number of aryl methyl sites for hydroxylation is 1. The monoisotopic (exact) mass is 213 g/mol. The van der Waals surface area contributed by atoms with E-state index >= 15 is 0 Å². The van der Waals surface area contributed by atoms with Crippen LogP contribution in [0, 0.1) is 0 Å². The molecule has 0 amide bonds. The van der Waals surface area contributed by atoms with E-state index in [1.165, 1.54) is 0 Å². The van der Waals surface area contributed by atoms with Gasteiger partial charge in [0.25, 0.3) is 0 Å². The summed E-state index contributed by atoms with van der Waals surface area (Å²) in [6, 6.07) is 0. The minimum atomic E-state index is 0.684. The molecule has 0 aliphatic carbocycles. The fraction of sp³-hybridized carbons (Fsp3) is 0.625. The molecule has 6 heteroatoms. The molecule has 1 rings (SSSR count). The molecule has 14 heavy (non-hydrogen) atoms. The lowest BCUT2D eigenvalue weighted by atomic mass is 10.4. The van der Waals surface area contributed by atoms with E-state index in [2.05, 4.69) is 20.7 Å². The maximum absolute atomic E-state index is 5.01. The summed E-state index contributed by atoms with van der Waals surface area (Å²) in [5.74, 6) is 0.833. The van der Waals surface area contributed by atoms with Crippen molar-refractivity contribution in [2.45, 2.75) is 13.3 Å². The van der Waals surface area contributed by atoms with Crippen LogP contribution in [-0.2, 0) is 13.5 Å². The molecule has 0 saturated carbocycles. The first-order valence-corrected chi connectivity index (χ1v) is 4.99. The van der Waals surface area contributed by atoms with E-state index in [1.807, 2.05) is 14.0 Å². The van der Waals surface area contributed by atoms with Crippen molar-refractivity contribution in [1.29, 1.82) is 0 Å². The maximum Gasteiger partial charge on any atom is 0.166 e. The topological polar surface area (TPSA) is 54.8 Å². The summed E-state index contributed by atoms with van der Waals surface area (Å²) in [6.07, 6.45) is 2.48. The minimum absolute atomic E-state index is 0.684. The molecular weight excluding hydrogens is 198 g/mol. The number of hydrogen-bond acceptors (Lipinski definition) is 3. The lowest BCUT2D eigenvalue weighted by Crippen LogP contribution is -2.36. The van der Waals surface area contributed by atoms with Crippen molar-refractivity contribution in [2.24, 2.45) is 7.05 Å². The quantitative estimate of drug-likeness (QED) is 0.681. The number of nitrogens with zero attached hydrogens (tertiary/aromatic N) is 3. The number of nitrogens with one attached hydrogen (secondary N) is 2. The molecule has 0 atom stereocenters. The molecule has 0 aliphatic heterocycles. The number of rotatable bonds is 4. The van der Waals surface area contributed by atoms with Gasteiger partial charge in [-0.15, -0.1) is 0 Å². The Kier molecular flexibility index (Phi) is 4.31. The summed E-state index contributed by atoms with van der Waals surface area (Å²) in [5, 5.41) is 10.9. The molecule has 0 aliphatic rings. The van der Waals surface area contributed by atoms with E-state index in [9.17, 15) is 0 Å². The molecule has 1 aromatic rings. The Bertz CT molecular complexity index is 296. The van der Waals surface area contributed by atoms with Crippen LogP contribution in [0.25, 0.3) is 0 Å². The molecule has 2 N–H and O–H groups in total. The van der Waals surface area contributed by atoms with E-state index in [0.29, 0.717) is 5.11 Å². The zero-order valence-electron chi connectivity index (χ0n) is 8.45. The lowest BCUT2D eigenvalue weighted by molar-refractivity contribution is 0.727. The van der Waals surface area contributed by atoms with Gasteiger partial charge >= 0.3 is 0 Å². The van der Waals surface area contributed by atoms with Crippen molar-refractivity contribution in [2.75, 3.05) is 13.1 Å². The Labute approximate surface area is 88.9 Å². The number of thiocarbonyl (C=S) groups is 1. The molecule has 1 aromatic heterocycles. The first-order valence-electron chi connectivity index (χ1n) is 4.58. The molecule has 0 aromatic carbocycles. The first kappa shape index (κ1) is 10.9. The van der Waals surface area contributed by atoms with Crippen LogP contribution in [0.4, 0.5) is 0 Å². The third kappa shape index (κ3) is 3.69. The van der Waals surface area contributed by atoms with Crippen molar-refractivity contribution < 1.29 is 0 Å². The fourth-order valence-corrected chi connectivity index (χ4v) is 1.26. The molecular formula is C8H15N5S. The fourth-order valence-electron chi connectivity index (χ4n) is 1.01. The highest BCUT2D eigenvalue weighted by molar-refractivity contribution is 7.80. The molecule has 1 heterocycles. The van der Waals surface area contributed by atoms with E-state index in [-0.39, 0.29) is 0 Å². The van der Waals surface area contributed by atoms with E-state index in [0.717, 1.165) is 25.3 Å². The minimum Gasteiger partial charge on any atom is -0.363 e. The van der Waals surface area contributed by atoms with Crippen LogP contribution in [0.15, 0.2) is 6.33 Å². The van der Waals surface area contributed by atoms with Gasteiger partial charge in [-0.3, -0.25) is 4.68 Å². The van der Waals surface area contributed by atoms with Crippen LogP contribution < -0.4 is 10.6 Å². The second-order valence-corrected chi connectivity index (χ2v) is 3.28. The summed E-state index contributed by atoms with van der Waals surface area (Å²) in [5.41, 5.74) is 0. The van der Waals surface area contributed by atoms with Gasteiger partial charge in [-0.1, -0.05) is 0 Å². The number of hydrogen-bond donors (Lipinski definition) is 2. The summed E-state index contributed by atoms with van der Waals surface area (Å²) < 4.78 is 1.69. The predicted molar refractivity (Wildman–Crippen MR) is 59.0 cm³/mol. The Balaban J connectivity index is 2.18. The highest BCUT2D eigenvalue weighted by atomic mass is 32.1. The summed E-state index contributed by atoms with van der Waals surface area (Å²) >= 11 is 5.01. The van der Waals surface area contributed by atoms with Crippen LogP contribution in [0.2, 0.25) is 0 Å². The molecule has 0 fully saturated rings. The molecule has 0 radical (unpaired) electrons. The second kappa shape index (κ2) is 5.54. The van der Waals surface area contributed by atoms with Crippen molar-refractivity contribution in [1.82, 2.24) is 25.4 Å². The van der Waals surface area contributed by atoms with Gasteiger partial charge in [-0.25, -0.2) is 4.98 Å². The Hall–Kier alpha value is -1.17. The Morgan fingerprint density at radius 3 is 2.93 bits per heavy atom. The third-order valence-corrected chi connectivity index (χ3v) is 1.91.